The first-order chi connectivity index (χ1) is 12.1. The van der Waals surface area contributed by atoms with E-state index >= 15 is 0 Å². The number of hydrogen-bond acceptors (Lipinski definition) is 7. The molecule has 0 fully saturated rings. The van der Waals surface area contributed by atoms with Crippen LogP contribution in [0.3, 0.4) is 0 Å². The summed E-state index contributed by atoms with van der Waals surface area (Å²) in [5.41, 5.74) is 4.28. The molecule has 10 heteroatoms. The minimum Gasteiger partial charge on any atom is -0.480 e. The molecule has 0 radical (unpaired) electrons. The van der Waals surface area contributed by atoms with Crippen molar-refractivity contribution < 1.29 is 24.2 Å². The normalized spacial score (nSPS) is 12.7. The van der Waals surface area contributed by atoms with E-state index in [0.29, 0.717) is 5.75 Å². The maximum Gasteiger partial charge on any atom is 0.414 e. The smallest absolute Gasteiger partial charge is 0.414 e. The number of hydrogen-bond donors (Lipinski definition) is 3. The van der Waals surface area contributed by atoms with E-state index in [2.05, 4.69) is 5.32 Å². The molecule has 0 bridgehead atoms. The van der Waals surface area contributed by atoms with E-state index in [9.17, 15) is 19.6 Å². The number of rotatable bonds is 9. The Labute approximate surface area is 157 Å². The van der Waals surface area contributed by atoms with Gasteiger partial charge in [-0.05, 0) is 39.2 Å². The zero-order valence-electron chi connectivity index (χ0n) is 15.4. The number of carbonyl (C=O) groups excluding carboxylic acids is 2. The third kappa shape index (κ3) is 9.29. The summed E-state index contributed by atoms with van der Waals surface area (Å²) in [6, 6.07) is 0.541. The van der Waals surface area contributed by atoms with Gasteiger partial charge in [0.05, 0.1) is 0 Å². The van der Waals surface area contributed by atoms with Crippen molar-refractivity contribution in [3.63, 3.8) is 0 Å². The van der Waals surface area contributed by atoms with E-state index in [-0.39, 0.29) is 19.5 Å². The van der Waals surface area contributed by atoms with Gasteiger partial charge in [0, 0.05) is 19.3 Å². The number of nitriles is 1. The minimum atomic E-state index is -1.20. The van der Waals surface area contributed by atoms with Crippen molar-refractivity contribution in [1.82, 2.24) is 10.2 Å². The number of carboxylic acids is 1. The molecular formula is C16H26N4O5S. The van der Waals surface area contributed by atoms with Crippen LogP contribution in [0.15, 0.2) is 11.8 Å². The van der Waals surface area contributed by atoms with E-state index in [1.54, 1.807) is 26.8 Å². The fourth-order valence-corrected chi connectivity index (χ4v) is 2.16. The molecule has 146 valence electrons. The maximum atomic E-state index is 12.2. The molecular weight excluding hydrogens is 360 g/mol. The Morgan fingerprint density at radius 3 is 2.46 bits per heavy atom. The van der Waals surface area contributed by atoms with Crippen LogP contribution >= 0.6 is 11.8 Å². The monoisotopic (exact) mass is 386 g/mol. The van der Waals surface area contributed by atoms with Crippen molar-refractivity contribution >= 4 is 29.7 Å². The molecule has 0 spiro atoms. The zero-order valence-corrected chi connectivity index (χ0v) is 16.3. The van der Waals surface area contributed by atoms with Crippen LogP contribution in [0.5, 0.6) is 0 Å². The van der Waals surface area contributed by atoms with Gasteiger partial charge < -0.3 is 20.9 Å². The van der Waals surface area contributed by atoms with Crippen LogP contribution in [-0.2, 0) is 14.3 Å². The molecule has 0 aliphatic carbocycles. The Hall–Kier alpha value is -2.25. The highest BCUT2D eigenvalue weighted by atomic mass is 32.2. The Bertz CT molecular complexity index is 580. The zero-order chi connectivity index (χ0) is 20.3. The highest BCUT2D eigenvalue weighted by molar-refractivity contribution is 7.98. The van der Waals surface area contributed by atoms with Crippen molar-refractivity contribution in [2.75, 3.05) is 25.1 Å². The first-order valence-electron chi connectivity index (χ1n) is 7.90. The van der Waals surface area contributed by atoms with Crippen LogP contribution in [0.2, 0.25) is 0 Å². The van der Waals surface area contributed by atoms with Crippen LogP contribution < -0.4 is 11.1 Å². The van der Waals surface area contributed by atoms with Crippen LogP contribution in [0.1, 0.15) is 27.2 Å². The third-order valence-corrected chi connectivity index (χ3v) is 3.51. The SMILES string of the molecule is CSCCC(NC(=O)/C(C#N)=C\N(CCN)C(=O)OC(C)(C)C)C(=O)O. The van der Waals surface area contributed by atoms with Gasteiger partial charge in [0.15, 0.2) is 0 Å². The lowest BCUT2D eigenvalue weighted by Gasteiger charge is -2.25. The summed E-state index contributed by atoms with van der Waals surface area (Å²) >= 11 is 1.44. The molecule has 26 heavy (non-hydrogen) atoms. The summed E-state index contributed by atoms with van der Waals surface area (Å²) < 4.78 is 5.20. The van der Waals surface area contributed by atoms with Crippen LogP contribution in [0.25, 0.3) is 0 Å². The molecule has 0 rings (SSSR count). The number of carbonyl (C=O) groups is 3. The number of nitrogens with zero attached hydrogens (tertiary/aromatic N) is 2. The van der Waals surface area contributed by atoms with E-state index in [1.807, 2.05) is 6.26 Å². The predicted molar refractivity (Wildman–Crippen MR) is 98.3 cm³/mol. The number of amides is 2. The Balaban J connectivity index is 5.34. The average molecular weight is 386 g/mol. The van der Waals surface area contributed by atoms with Crippen LogP contribution in [-0.4, -0.2) is 64.7 Å². The standard InChI is InChI=1S/C16H26N4O5S/c1-16(2,3)25-15(24)20(7-6-17)10-11(9-18)13(21)19-12(14(22)23)5-8-26-4/h10,12H,5-8,17H2,1-4H3,(H,19,21)(H,22,23)/b11-10-. The van der Waals surface area contributed by atoms with Gasteiger partial charge in [-0.2, -0.15) is 17.0 Å². The van der Waals surface area contributed by atoms with E-state index in [0.717, 1.165) is 11.1 Å². The van der Waals surface area contributed by atoms with Crippen molar-refractivity contribution in [2.45, 2.75) is 38.8 Å². The fourth-order valence-electron chi connectivity index (χ4n) is 1.69. The quantitative estimate of drug-likeness (QED) is 0.391. The second kappa shape index (κ2) is 11.4. The molecule has 2 amide bonds. The second-order valence-electron chi connectivity index (χ2n) is 6.26. The van der Waals surface area contributed by atoms with Crippen molar-refractivity contribution in [3.8, 4) is 6.07 Å². The van der Waals surface area contributed by atoms with Gasteiger partial charge in [0.1, 0.15) is 23.3 Å². The predicted octanol–water partition coefficient (Wildman–Crippen LogP) is 0.912. The summed E-state index contributed by atoms with van der Waals surface area (Å²) in [5, 5.41) is 20.7. The van der Waals surface area contributed by atoms with E-state index in [1.165, 1.54) is 11.8 Å². The molecule has 9 nitrogen and oxygen atoms in total. The summed E-state index contributed by atoms with van der Waals surface area (Å²) in [7, 11) is 0. The van der Waals surface area contributed by atoms with Gasteiger partial charge in [-0.3, -0.25) is 9.69 Å². The molecule has 1 atom stereocenters. The molecule has 0 aromatic heterocycles. The lowest BCUT2D eigenvalue weighted by Crippen LogP contribution is -2.42. The number of nitrogens with one attached hydrogen (secondary N) is 1. The lowest BCUT2D eigenvalue weighted by molar-refractivity contribution is -0.141. The molecule has 1 unspecified atom stereocenters. The molecule has 0 heterocycles. The number of aliphatic carboxylic acids is 1. The van der Waals surface area contributed by atoms with Crippen molar-refractivity contribution in [1.29, 1.82) is 5.26 Å². The third-order valence-electron chi connectivity index (χ3n) is 2.86. The topological polar surface area (TPSA) is 146 Å². The molecule has 0 aromatic carbocycles. The highest BCUT2D eigenvalue weighted by Gasteiger charge is 2.24. The largest absolute Gasteiger partial charge is 0.480 e. The maximum absolute atomic E-state index is 12.2. The second-order valence-corrected chi connectivity index (χ2v) is 7.25. The molecule has 0 aromatic rings. The van der Waals surface area contributed by atoms with Crippen molar-refractivity contribution in [2.24, 2.45) is 5.73 Å². The minimum absolute atomic E-state index is 0.0300. The molecule has 0 aliphatic rings. The summed E-state index contributed by atoms with van der Waals surface area (Å²) in [6.07, 6.45) is 2.27. The summed E-state index contributed by atoms with van der Waals surface area (Å²) in [5.74, 6) is -1.55. The first kappa shape index (κ1) is 23.8. The Morgan fingerprint density at radius 2 is 2.04 bits per heavy atom. The molecule has 4 N–H and O–H groups in total. The van der Waals surface area contributed by atoms with E-state index < -0.39 is 35.2 Å². The summed E-state index contributed by atoms with van der Waals surface area (Å²) in [6.45, 7) is 5.15. The highest BCUT2D eigenvalue weighted by Crippen LogP contribution is 2.11. The number of thioether (sulfide) groups is 1. The molecule has 0 saturated carbocycles. The lowest BCUT2D eigenvalue weighted by atomic mass is 10.2. The van der Waals surface area contributed by atoms with Gasteiger partial charge in [0.2, 0.25) is 0 Å². The van der Waals surface area contributed by atoms with Gasteiger partial charge in [-0.25, -0.2) is 9.59 Å². The number of ether oxygens (including phenoxy) is 1. The van der Waals surface area contributed by atoms with Gasteiger partial charge in [0.25, 0.3) is 5.91 Å². The first-order valence-corrected chi connectivity index (χ1v) is 9.29. The van der Waals surface area contributed by atoms with E-state index in [4.69, 9.17) is 15.6 Å². The van der Waals surface area contributed by atoms with Gasteiger partial charge in [-0.1, -0.05) is 0 Å². The molecule has 0 aliphatic heterocycles. The van der Waals surface area contributed by atoms with Crippen LogP contribution in [0, 0.1) is 11.3 Å². The number of nitrogens with two attached hydrogens (primary N) is 1. The number of carboxylic acid groups (broad SMARTS) is 1. The Morgan fingerprint density at radius 1 is 1.42 bits per heavy atom. The molecule has 0 saturated heterocycles. The van der Waals surface area contributed by atoms with Gasteiger partial charge >= 0.3 is 12.1 Å². The van der Waals surface area contributed by atoms with Crippen molar-refractivity contribution in [3.05, 3.63) is 11.8 Å². The Kier molecular flexibility index (Phi) is 10.4. The fraction of sp³-hybridized carbons (Fsp3) is 0.625. The average Bonchev–Trinajstić information content (AvgIpc) is 2.53. The summed E-state index contributed by atoms with van der Waals surface area (Å²) in [4.78, 5) is 36.6. The van der Waals surface area contributed by atoms with Gasteiger partial charge in [-0.15, -0.1) is 0 Å². The van der Waals surface area contributed by atoms with Crippen LogP contribution in [0.4, 0.5) is 4.79 Å².